The Morgan fingerprint density at radius 3 is 2.30 bits per heavy atom. The first-order valence-corrected chi connectivity index (χ1v) is 7.76. The van der Waals surface area contributed by atoms with Crippen LogP contribution < -0.4 is 4.31 Å². The van der Waals surface area contributed by atoms with Crippen molar-refractivity contribution in [3.8, 4) is 0 Å². The summed E-state index contributed by atoms with van der Waals surface area (Å²) < 4.78 is 52.7. The van der Waals surface area contributed by atoms with E-state index in [9.17, 15) is 17.2 Å². The Kier molecular flexibility index (Phi) is 4.10. The molecule has 7 heteroatoms. The van der Waals surface area contributed by atoms with Crippen molar-refractivity contribution >= 4 is 31.6 Å². The fourth-order valence-electron chi connectivity index (χ4n) is 1.63. The number of sulfonamides is 1. The topological polar surface area (TPSA) is 37.4 Å². The van der Waals surface area contributed by atoms with Gasteiger partial charge in [-0.1, -0.05) is 12.1 Å². The Bertz CT molecular complexity index is 750. The van der Waals surface area contributed by atoms with E-state index in [1.165, 1.54) is 37.4 Å². The molecule has 2 aromatic rings. The predicted molar refractivity (Wildman–Crippen MR) is 76.1 cm³/mol. The number of rotatable bonds is 3. The second-order valence-corrected chi connectivity index (χ2v) is 6.82. The van der Waals surface area contributed by atoms with Crippen LogP contribution >= 0.6 is 15.9 Å². The first kappa shape index (κ1) is 14.9. The molecule has 0 spiro atoms. The van der Waals surface area contributed by atoms with E-state index in [0.29, 0.717) is 0 Å². The minimum absolute atomic E-state index is 0.101. The second-order valence-electron chi connectivity index (χ2n) is 4.00. The molecule has 0 aliphatic heterocycles. The Morgan fingerprint density at radius 1 is 1.05 bits per heavy atom. The SMILES string of the molecule is CN(c1ccccc1F)S(=O)(=O)c1ccc(Br)c(F)c1. The minimum atomic E-state index is -4.02. The molecule has 2 aromatic carbocycles. The van der Waals surface area contributed by atoms with E-state index >= 15 is 0 Å². The number of halogens is 3. The van der Waals surface area contributed by atoms with E-state index in [-0.39, 0.29) is 15.1 Å². The van der Waals surface area contributed by atoms with Gasteiger partial charge in [0.1, 0.15) is 11.6 Å². The van der Waals surface area contributed by atoms with Crippen LogP contribution in [0, 0.1) is 11.6 Å². The van der Waals surface area contributed by atoms with Crippen LogP contribution in [0.1, 0.15) is 0 Å². The summed E-state index contributed by atoms with van der Waals surface area (Å²) in [6.07, 6.45) is 0. The highest BCUT2D eigenvalue weighted by Gasteiger charge is 2.24. The molecule has 0 aromatic heterocycles. The van der Waals surface area contributed by atoms with Crippen LogP contribution in [-0.2, 0) is 10.0 Å². The number of hydrogen-bond acceptors (Lipinski definition) is 2. The van der Waals surface area contributed by atoms with E-state index in [2.05, 4.69) is 15.9 Å². The quantitative estimate of drug-likeness (QED) is 0.838. The molecule has 0 unspecified atom stereocenters. The summed E-state index contributed by atoms with van der Waals surface area (Å²) in [5.74, 6) is -1.37. The molecule has 0 bridgehead atoms. The summed E-state index contributed by atoms with van der Waals surface area (Å²) in [6.45, 7) is 0. The van der Waals surface area contributed by atoms with Gasteiger partial charge in [-0.05, 0) is 46.3 Å². The molecule has 0 atom stereocenters. The van der Waals surface area contributed by atoms with Gasteiger partial charge >= 0.3 is 0 Å². The average molecular weight is 362 g/mol. The van der Waals surface area contributed by atoms with Gasteiger partial charge in [-0.15, -0.1) is 0 Å². The zero-order valence-electron chi connectivity index (χ0n) is 10.3. The third-order valence-corrected chi connectivity index (χ3v) is 5.15. The van der Waals surface area contributed by atoms with Crippen LogP contribution in [-0.4, -0.2) is 15.5 Å². The summed E-state index contributed by atoms with van der Waals surface area (Å²) in [4.78, 5) is -0.246. The highest BCUT2D eigenvalue weighted by molar-refractivity contribution is 9.10. The molecule has 0 N–H and O–H groups in total. The van der Waals surface area contributed by atoms with Crippen molar-refractivity contribution in [2.75, 3.05) is 11.4 Å². The zero-order chi connectivity index (χ0) is 14.9. The Balaban J connectivity index is 2.50. The van der Waals surface area contributed by atoms with Gasteiger partial charge in [0.05, 0.1) is 15.1 Å². The molecular formula is C13H10BrF2NO2S. The smallest absolute Gasteiger partial charge is 0.264 e. The fraction of sp³-hybridized carbons (Fsp3) is 0.0769. The van der Waals surface area contributed by atoms with Crippen LogP contribution in [0.5, 0.6) is 0 Å². The maximum atomic E-state index is 13.6. The molecular weight excluding hydrogens is 352 g/mol. The molecule has 0 amide bonds. The molecule has 0 fully saturated rings. The number of para-hydroxylation sites is 1. The third kappa shape index (κ3) is 2.69. The molecule has 106 valence electrons. The van der Waals surface area contributed by atoms with Crippen molar-refractivity contribution in [2.45, 2.75) is 4.90 Å². The summed E-state index contributed by atoms with van der Waals surface area (Å²) in [5, 5.41) is 0. The molecule has 2 rings (SSSR count). The summed E-state index contributed by atoms with van der Waals surface area (Å²) in [5.41, 5.74) is -0.101. The summed E-state index contributed by atoms with van der Waals surface area (Å²) in [6, 6.07) is 8.89. The van der Waals surface area contributed by atoms with Gasteiger partial charge in [-0.2, -0.15) is 0 Å². The lowest BCUT2D eigenvalue weighted by Gasteiger charge is -2.20. The molecule has 0 aliphatic rings. The van der Waals surface area contributed by atoms with E-state index in [4.69, 9.17) is 0 Å². The lowest BCUT2D eigenvalue weighted by molar-refractivity contribution is 0.584. The van der Waals surface area contributed by atoms with E-state index in [1.807, 2.05) is 0 Å². The molecule has 20 heavy (non-hydrogen) atoms. The van der Waals surface area contributed by atoms with Crippen molar-refractivity contribution in [1.29, 1.82) is 0 Å². The number of hydrogen-bond donors (Lipinski definition) is 0. The Hall–Kier alpha value is -1.47. The van der Waals surface area contributed by atoms with Crippen molar-refractivity contribution in [2.24, 2.45) is 0 Å². The highest BCUT2D eigenvalue weighted by Crippen LogP contribution is 2.26. The molecule has 3 nitrogen and oxygen atoms in total. The lowest BCUT2D eigenvalue weighted by atomic mass is 10.3. The van der Waals surface area contributed by atoms with E-state index in [0.717, 1.165) is 16.4 Å². The summed E-state index contributed by atoms with van der Waals surface area (Å²) in [7, 11) is -2.81. The van der Waals surface area contributed by atoms with Gasteiger partial charge in [-0.3, -0.25) is 4.31 Å². The van der Waals surface area contributed by atoms with Crippen molar-refractivity contribution in [3.63, 3.8) is 0 Å². The zero-order valence-corrected chi connectivity index (χ0v) is 12.7. The highest BCUT2D eigenvalue weighted by atomic mass is 79.9. The molecule has 0 heterocycles. The van der Waals surface area contributed by atoms with Gasteiger partial charge in [0.25, 0.3) is 10.0 Å². The first-order valence-electron chi connectivity index (χ1n) is 5.52. The van der Waals surface area contributed by atoms with Crippen LogP contribution in [0.25, 0.3) is 0 Å². The van der Waals surface area contributed by atoms with Gasteiger partial charge in [-0.25, -0.2) is 17.2 Å². The molecule has 0 aliphatic carbocycles. The average Bonchev–Trinajstić information content (AvgIpc) is 2.41. The van der Waals surface area contributed by atoms with E-state index < -0.39 is 21.7 Å². The maximum Gasteiger partial charge on any atom is 0.264 e. The van der Waals surface area contributed by atoms with Crippen LogP contribution in [0.3, 0.4) is 0 Å². The third-order valence-electron chi connectivity index (χ3n) is 2.74. The first-order chi connectivity index (χ1) is 9.34. The maximum absolute atomic E-state index is 13.6. The van der Waals surface area contributed by atoms with Gasteiger partial charge in [0, 0.05) is 7.05 Å². The van der Waals surface area contributed by atoms with Gasteiger partial charge < -0.3 is 0 Å². The number of benzene rings is 2. The van der Waals surface area contributed by atoms with Gasteiger partial charge in [0.15, 0.2) is 0 Å². The van der Waals surface area contributed by atoms with Crippen molar-refractivity contribution in [3.05, 3.63) is 58.6 Å². The van der Waals surface area contributed by atoms with Crippen LogP contribution in [0.4, 0.5) is 14.5 Å². The number of nitrogens with zero attached hydrogens (tertiary/aromatic N) is 1. The van der Waals surface area contributed by atoms with E-state index in [1.54, 1.807) is 0 Å². The largest absolute Gasteiger partial charge is 0.266 e. The monoisotopic (exact) mass is 361 g/mol. The molecule has 0 saturated carbocycles. The fourth-order valence-corrected chi connectivity index (χ4v) is 3.09. The molecule has 0 saturated heterocycles. The second kappa shape index (κ2) is 5.49. The Morgan fingerprint density at radius 2 is 1.70 bits per heavy atom. The minimum Gasteiger partial charge on any atom is -0.266 e. The van der Waals surface area contributed by atoms with Crippen molar-refractivity contribution in [1.82, 2.24) is 0 Å². The lowest BCUT2D eigenvalue weighted by Crippen LogP contribution is -2.27. The predicted octanol–water partition coefficient (Wildman–Crippen LogP) is 3.55. The van der Waals surface area contributed by atoms with Crippen LogP contribution in [0.15, 0.2) is 51.8 Å². The normalized spacial score (nSPS) is 11.4. The standard InChI is InChI=1S/C13H10BrF2NO2S/c1-17(13-5-3-2-4-11(13)15)20(18,19)9-6-7-10(14)12(16)8-9/h2-8H,1H3. The number of anilines is 1. The van der Waals surface area contributed by atoms with Crippen LogP contribution in [0.2, 0.25) is 0 Å². The summed E-state index contributed by atoms with van der Waals surface area (Å²) >= 11 is 2.95. The van der Waals surface area contributed by atoms with Gasteiger partial charge in [0.2, 0.25) is 0 Å². The molecule has 0 radical (unpaired) electrons. The van der Waals surface area contributed by atoms with Crippen molar-refractivity contribution < 1.29 is 17.2 Å². The Labute approximate surface area is 124 Å².